The number of nitrogens with one attached hydrogen (secondary N) is 1. The number of fused-ring (bicyclic) bond motifs is 1. The zero-order valence-corrected chi connectivity index (χ0v) is 16.2. The summed E-state index contributed by atoms with van der Waals surface area (Å²) < 4.78 is 11.4. The zero-order chi connectivity index (χ0) is 19.4. The van der Waals surface area contributed by atoms with Gasteiger partial charge in [-0.2, -0.15) is 0 Å². The highest BCUT2D eigenvalue weighted by atomic mass is 16.5. The quantitative estimate of drug-likeness (QED) is 0.693. The van der Waals surface area contributed by atoms with E-state index in [-0.39, 0.29) is 5.91 Å². The number of hydrogen-bond acceptors (Lipinski definition) is 5. The molecule has 6 heteroatoms. The molecule has 1 amide bonds. The number of rotatable bonds is 7. The van der Waals surface area contributed by atoms with Gasteiger partial charge in [0.1, 0.15) is 11.5 Å². The highest BCUT2D eigenvalue weighted by Gasteiger charge is 2.16. The van der Waals surface area contributed by atoms with Crippen LogP contribution in [0.2, 0.25) is 0 Å². The number of nitrogens with zero attached hydrogens (tertiary/aromatic N) is 2. The van der Waals surface area contributed by atoms with Gasteiger partial charge in [-0.1, -0.05) is 24.3 Å². The van der Waals surface area contributed by atoms with Crippen molar-refractivity contribution in [2.45, 2.75) is 19.9 Å². The molecule has 3 aromatic rings. The zero-order valence-electron chi connectivity index (χ0n) is 16.2. The molecule has 0 radical (unpaired) electrons. The van der Waals surface area contributed by atoms with Gasteiger partial charge in [-0.15, -0.1) is 0 Å². The summed E-state index contributed by atoms with van der Waals surface area (Å²) in [5, 5.41) is 4.70. The molecule has 0 aliphatic rings. The van der Waals surface area contributed by atoms with Gasteiger partial charge >= 0.3 is 0 Å². The SMILES string of the molecule is CNC(=O)CCN(C)Cc1nc(-c2ccc(OC)c3ccccc23)oc1C. The van der Waals surface area contributed by atoms with Crippen LogP contribution in [0.3, 0.4) is 0 Å². The van der Waals surface area contributed by atoms with Crippen molar-refractivity contribution >= 4 is 16.7 Å². The molecule has 0 saturated heterocycles. The fourth-order valence-electron chi connectivity index (χ4n) is 3.08. The van der Waals surface area contributed by atoms with Crippen LogP contribution in [0.1, 0.15) is 17.9 Å². The monoisotopic (exact) mass is 367 g/mol. The van der Waals surface area contributed by atoms with Gasteiger partial charge in [0, 0.05) is 37.5 Å². The first-order chi connectivity index (χ1) is 13.0. The first-order valence-electron chi connectivity index (χ1n) is 8.95. The molecule has 0 aliphatic heterocycles. The predicted octanol–water partition coefficient (Wildman–Crippen LogP) is 3.38. The summed E-state index contributed by atoms with van der Waals surface area (Å²) in [4.78, 5) is 18.2. The first-order valence-corrected chi connectivity index (χ1v) is 8.95. The fourth-order valence-corrected chi connectivity index (χ4v) is 3.08. The molecule has 1 aromatic heterocycles. The second kappa shape index (κ2) is 8.22. The van der Waals surface area contributed by atoms with E-state index in [0.717, 1.165) is 33.5 Å². The molecule has 2 aromatic carbocycles. The van der Waals surface area contributed by atoms with E-state index in [4.69, 9.17) is 14.1 Å². The van der Waals surface area contributed by atoms with E-state index < -0.39 is 0 Å². The average molecular weight is 367 g/mol. The Balaban J connectivity index is 1.87. The molecule has 0 atom stereocenters. The Labute approximate surface area is 159 Å². The Morgan fingerprint density at radius 2 is 1.96 bits per heavy atom. The molecule has 0 spiro atoms. The van der Waals surface area contributed by atoms with Crippen LogP contribution in [0, 0.1) is 6.92 Å². The lowest BCUT2D eigenvalue weighted by atomic mass is 10.0. The van der Waals surface area contributed by atoms with Crippen molar-refractivity contribution in [3.05, 3.63) is 47.9 Å². The molecule has 0 unspecified atom stereocenters. The minimum atomic E-state index is 0.0316. The first kappa shape index (κ1) is 18.9. The van der Waals surface area contributed by atoms with Crippen LogP contribution in [-0.4, -0.2) is 43.5 Å². The maximum atomic E-state index is 11.4. The van der Waals surface area contributed by atoms with E-state index in [1.807, 2.05) is 50.4 Å². The number of aryl methyl sites for hydroxylation is 1. The summed E-state index contributed by atoms with van der Waals surface area (Å²) in [5.41, 5.74) is 1.82. The lowest BCUT2D eigenvalue weighted by molar-refractivity contribution is -0.120. The van der Waals surface area contributed by atoms with Crippen molar-refractivity contribution in [2.24, 2.45) is 0 Å². The minimum Gasteiger partial charge on any atom is -0.496 e. The van der Waals surface area contributed by atoms with Gasteiger partial charge in [0.25, 0.3) is 0 Å². The summed E-state index contributed by atoms with van der Waals surface area (Å²) in [6, 6.07) is 12.0. The van der Waals surface area contributed by atoms with Crippen LogP contribution in [0.4, 0.5) is 0 Å². The van der Waals surface area contributed by atoms with Crippen LogP contribution in [0.5, 0.6) is 5.75 Å². The molecule has 1 N–H and O–H groups in total. The molecule has 1 heterocycles. The maximum absolute atomic E-state index is 11.4. The smallest absolute Gasteiger partial charge is 0.227 e. The Morgan fingerprint density at radius 1 is 1.22 bits per heavy atom. The van der Waals surface area contributed by atoms with E-state index in [0.29, 0.717) is 25.4 Å². The number of methoxy groups -OCH3 is 1. The van der Waals surface area contributed by atoms with Gasteiger partial charge < -0.3 is 14.5 Å². The summed E-state index contributed by atoms with van der Waals surface area (Å²) >= 11 is 0. The number of oxazole rings is 1. The standard InChI is InChI=1S/C21H25N3O3/c1-14-18(13-24(3)12-11-20(25)22-2)23-21(27-14)17-9-10-19(26-4)16-8-6-5-7-15(16)17/h5-10H,11-13H2,1-4H3,(H,22,25). The van der Waals surface area contributed by atoms with Gasteiger partial charge in [0.2, 0.25) is 11.8 Å². The van der Waals surface area contributed by atoms with E-state index in [1.54, 1.807) is 14.2 Å². The Bertz CT molecular complexity index is 949. The number of amides is 1. The van der Waals surface area contributed by atoms with E-state index in [9.17, 15) is 4.79 Å². The molecular formula is C21H25N3O3. The van der Waals surface area contributed by atoms with E-state index in [1.165, 1.54) is 0 Å². The third-order valence-corrected chi connectivity index (χ3v) is 4.65. The van der Waals surface area contributed by atoms with Crippen LogP contribution < -0.4 is 10.1 Å². The molecule has 27 heavy (non-hydrogen) atoms. The van der Waals surface area contributed by atoms with Gasteiger partial charge in [-0.3, -0.25) is 9.69 Å². The number of hydrogen-bond donors (Lipinski definition) is 1. The van der Waals surface area contributed by atoms with Crippen molar-refractivity contribution in [1.82, 2.24) is 15.2 Å². The largest absolute Gasteiger partial charge is 0.496 e. The Hall–Kier alpha value is -2.86. The van der Waals surface area contributed by atoms with Crippen molar-refractivity contribution < 1.29 is 13.9 Å². The number of benzene rings is 2. The predicted molar refractivity (Wildman–Crippen MR) is 106 cm³/mol. The number of aromatic nitrogens is 1. The summed E-state index contributed by atoms with van der Waals surface area (Å²) in [7, 11) is 5.29. The third kappa shape index (κ3) is 4.11. The third-order valence-electron chi connectivity index (χ3n) is 4.65. The van der Waals surface area contributed by atoms with Crippen LogP contribution >= 0.6 is 0 Å². The topological polar surface area (TPSA) is 67.6 Å². The van der Waals surface area contributed by atoms with Gasteiger partial charge in [-0.05, 0) is 31.5 Å². The summed E-state index contributed by atoms with van der Waals surface area (Å²) in [6.45, 7) is 3.21. The van der Waals surface area contributed by atoms with Crippen molar-refractivity contribution in [3.63, 3.8) is 0 Å². The van der Waals surface area contributed by atoms with E-state index >= 15 is 0 Å². The van der Waals surface area contributed by atoms with Crippen LogP contribution in [0.25, 0.3) is 22.2 Å². The Morgan fingerprint density at radius 3 is 2.67 bits per heavy atom. The summed E-state index contributed by atoms with van der Waals surface area (Å²) in [6.07, 6.45) is 0.458. The molecule has 0 aliphatic carbocycles. The lowest BCUT2D eigenvalue weighted by Crippen LogP contribution is -2.26. The molecule has 0 fully saturated rings. The second-order valence-corrected chi connectivity index (χ2v) is 6.54. The van der Waals surface area contributed by atoms with Gasteiger partial charge in [0.15, 0.2) is 0 Å². The normalized spacial score (nSPS) is 11.1. The molecule has 0 bridgehead atoms. The van der Waals surface area contributed by atoms with Crippen molar-refractivity contribution in [1.29, 1.82) is 0 Å². The number of carbonyl (C=O) groups is 1. The van der Waals surface area contributed by atoms with E-state index in [2.05, 4.69) is 10.2 Å². The van der Waals surface area contributed by atoms with Crippen LogP contribution in [-0.2, 0) is 11.3 Å². The van der Waals surface area contributed by atoms with Crippen molar-refractivity contribution in [2.75, 3.05) is 27.7 Å². The molecule has 3 rings (SSSR count). The molecular weight excluding hydrogens is 342 g/mol. The average Bonchev–Trinajstić information content (AvgIpc) is 3.05. The number of carbonyl (C=O) groups excluding carboxylic acids is 1. The van der Waals surface area contributed by atoms with Gasteiger partial charge in [0.05, 0.1) is 12.8 Å². The Kier molecular flexibility index (Phi) is 5.76. The maximum Gasteiger partial charge on any atom is 0.227 e. The molecule has 142 valence electrons. The highest BCUT2D eigenvalue weighted by Crippen LogP contribution is 2.34. The molecule has 6 nitrogen and oxygen atoms in total. The second-order valence-electron chi connectivity index (χ2n) is 6.54. The number of ether oxygens (including phenoxy) is 1. The summed E-state index contributed by atoms with van der Waals surface area (Å²) in [5.74, 6) is 2.24. The van der Waals surface area contributed by atoms with Crippen molar-refractivity contribution in [3.8, 4) is 17.2 Å². The highest BCUT2D eigenvalue weighted by molar-refractivity contribution is 5.98. The fraction of sp³-hybridized carbons (Fsp3) is 0.333. The van der Waals surface area contributed by atoms with Crippen LogP contribution in [0.15, 0.2) is 40.8 Å². The minimum absolute atomic E-state index is 0.0316. The lowest BCUT2D eigenvalue weighted by Gasteiger charge is -2.14. The molecule has 0 saturated carbocycles. The van der Waals surface area contributed by atoms with Gasteiger partial charge in [-0.25, -0.2) is 4.98 Å².